The number of nitro groups is 1. The quantitative estimate of drug-likeness (QED) is 0.284. The van der Waals surface area contributed by atoms with Gasteiger partial charge >= 0.3 is 0 Å². The van der Waals surface area contributed by atoms with Gasteiger partial charge < -0.3 is 0 Å². The SMILES string of the molecule is C#Cc1ccc(SN2OC2c2ccccc2[N+](=O)[O-])cc1. The molecular weight excluding hydrogens is 288 g/mol. The van der Waals surface area contributed by atoms with Crippen molar-refractivity contribution in [3.05, 3.63) is 69.8 Å². The van der Waals surface area contributed by atoms with Crippen molar-refractivity contribution in [1.29, 1.82) is 0 Å². The summed E-state index contributed by atoms with van der Waals surface area (Å²) in [4.78, 5) is 17.0. The van der Waals surface area contributed by atoms with E-state index in [4.69, 9.17) is 11.3 Å². The molecule has 0 saturated carbocycles. The molecule has 5 nitrogen and oxygen atoms in total. The highest BCUT2D eigenvalue weighted by atomic mass is 32.2. The fourth-order valence-corrected chi connectivity index (χ4v) is 2.69. The highest BCUT2D eigenvalue weighted by Crippen LogP contribution is 2.48. The maximum Gasteiger partial charge on any atom is 0.276 e. The lowest BCUT2D eigenvalue weighted by Gasteiger charge is -2.00. The molecule has 2 aromatic carbocycles. The normalized spacial score (nSPS) is 19.8. The summed E-state index contributed by atoms with van der Waals surface area (Å²) in [6, 6.07) is 14.0. The molecule has 0 amide bonds. The first kappa shape index (κ1) is 13.6. The van der Waals surface area contributed by atoms with Crippen molar-refractivity contribution < 1.29 is 9.76 Å². The molecule has 0 spiro atoms. The van der Waals surface area contributed by atoms with Gasteiger partial charge in [-0.3, -0.25) is 15.0 Å². The van der Waals surface area contributed by atoms with E-state index in [0.717, 1.165) is 10.5 Å². The minimum Gasteiger partial charge on any atom is -0.258 e. The summed E-state index contributed by atoms with van der Waals surface area (Å²) in [5.74, 6) is 2.55. The molecule has 1 aliphatic heterocycles. The number of hydroxylamine groups is 1. The average Bonchev–Trinajstić information content (AvgIpc) is 3.27. The van der Waals surface area contributed by atoms with Gasteiger partial charge in [0.25, 0.3) is 5.69 Å². The van der Waals surface area contributed by atoms with E-state index in [0.29, 0.717) is 5.56 Å². The Hall–Kier alpha value is -2.33. The Morgan fingerprint density at radius 3 is 2.62 bits per heavy atom. The second-order valence-electron chi connectivity index (χ2n) is 4.32. The zero-order valence-corrected chi connectivity index (χ0v) is 11.6. The van der Waals surface area contributed by atoms with Gasteiger partial charge in [0.15, 0.2) is 6.23 Å². The van der Waals surface area contributed by atoms with E-state index in [1.54, 1.807) is 22.7 Å². The molecular formula is C15H10N2O3S. The minimum absolute atomic E-state index is 0.0632. The molecule has 3 rings (SSSR count). The fraction of sp³-hybridized carbons (Fsp3) is 0.0667. The summed E-state index contributed by atoms with van der Waals surface area (Å²) in [7, 11) is 0. The minimum atomic E-state index is -0.401. The molecule has 0 N–H and O–H groups in total. The molecule has 1 heterocycles. The summed E-state index contributed by atoms with van der Waals surface area (Å²) < 4.78 is 1.62. The van der Waals surface area contributed by atoms with Gasteiger partial charge in [-0.2, -0.15) is 0 Å². The van der Waals surface area contributed by atoms with Gasteiger partial charge in [0.2, 0.25) is 0 Å². The second kappa shape index (κ2) is 5.58. The van der Waals surface area contributed by atoms with Crippen molar-refractivity contribution in [1.82, 2.24) is 4.47 Å². The van der Waals surface area contributed by atoms with Crippen molar-refractivity contribution in [2.75, 3.05) is 0 Å². The van der Waals surface area contributed by atoms with E-state index < -0.39 is 11.2 Å². The number of hydrogen-bond donors (Lipinski definition) is 0. The highest BCUT2D eigenvalue weighted by Gasteiger charge is 2.43. The highest BCUT2D eigenvalue weighted by molar-refractivity contribution is 7.97. The predicted octanol–water partition coefficient (Wildman–Crippen LogP) is 3.53. The van der Waals surface area contributed by atoms with Gasteiger partial charge in [-0.25, -0.2) is 0 Å². The molecule has 2 aromatic rings. The number of para-hydroxylation sites is 1. The fourth-order valence-electron chi connectivity index (χ4n) is 1.89. The van der Waals surface area contributed by atoms with Crippen LogP contribution in [-0.2, 0) is 4.84 Å². The molecule has 2 unspecified atom stereocenters. The van der Waals surface area contributed by atoms with Crippen LogP contribution in [0.4, 0.5) is 5.69 Å². The van der Waals surface area contributed by atoms with Crippen LogP contribution in [0.5, 0.6) is 0 Å². The number of nitrogens with zero attached hydrogens (tertiary/aromatic N) is 2. The largest absolute Gasteiger partial charge is 0.276 e. The summed E-state index contributed by atoms with van der Waals surface area (Å²) in [6.07, 6.45) is 4.90. The molecule has 0 aromatic heterocycles. The van der Waals surface area contributed by atoms with E-state index in [1.807, 2.05) is 24.3 Å². The van der Waals surface area contributed by atoms with Gasteiger partial charge in [0.05, 0.1) is 10.5 Å². The van der Waals surface area contributed by atoms with E-state index in [2.05, 4.69) is 5.92 Å². The summed E-state index contributed by atoms with van der Waals surface area (Å²) in [5, 5.41) is 11.0. The molecule has 2 atom stereocenters. The van der Waals surface area contributed by atoms with Crippen LogP contribution in [0.15, 0.2) is 53.4 Å². The molecule has 0 aliphatic carbocycles. The first-order chi connectivity index (χ1) is 10.2. The lowest BCUT2D eigenvalue weighted by molar-refractivity contribution is -0.385. The standard InChI is InChI=1S/C15H10N2O3S/c1-2-11-7-9-12(10-8-11)21-17-15(20-17)13-5-3-4-6-14(13)16(18)19/h1,3-10,15H. The van der Waals surface area contributed by atoms with Gasteiger partial charge in [-0.1, -0.05) is 22.5 Å². The third kappa shape index (κ3) is 2.90. The summed E-state index contributed by atoms with van der Waals surface area (Å²) in [5.41, 5.74) is 1.42. The third-order valence-corrected chi connectivity index (χ3v) is 3.91. The molecule has 21 heavy (non-hydrogen) atoms. The van der Waals surface area contributed by atoms with Crippen LogP contribution in [0, 0.1) is 22.5 Å². The Morgan fingerprint density at radius 2 is 1.95 bits per heavy atom. The molecule has 1 aliphatic rings. The van der Waals surface area contributed by atoms with Gasteiger partial charge in [-0.15, -0.1) is 6.42 Å². The lowest BCUT2D eigenvalue weighted by atomic mass is 10.2. The molecule has 1 saturated heterocycles. The van der Waals surface area contributed by atoms with Crippen molar-refractivity contribution >= 4 is 17.6 Å². The monoisotopic (exact) mass is 298 g/mol. The average molecular weight is 298 g/mol. The van der Waals surface area contributed by atoms with Crippen molar-refractivity contribution in [2.24, 2.45) is 0 Å². The van der Waals surface area contributed by atoms with E-state index in [9.17, 15) is 10.1 Å². The topological polar surface area (TPSA) is 58.7 Å². The first-order valence-electron chi connectivity index (χ1n) is 6.13. The lowest BCUT2D eigenvalue weighted by Crippen LogP contribution is -1.95. The van der Waals surface area contributed by atoms with Crippen LogP contribution in [0.3, 0.4) is 0 Å². The molecule has 104 valence electrons. The molecule has 0 bridgehead atoms. The Bertz CT molecular complexity index is 724. The van der Waals surface area contributed by atoms with Crippen LogP contribution < -0.4 is 0 Å². The Morgan fingerprint density at radius 1 is 1.24 bits per heavy atom. The van der Waals surface area contributed by atoms with Gasteiger partial charge in [-0.05, 0) is 42.3 Å². The van der Waals surface area contributed by atoms with Crippen LogP contribution in [0.25, 0.3) is 0 Å². The Kier molecular flexibility index (Phi) is 3.62. The molecule has 0 radical (unpaired) electrons. The van der Waals surface area contributed by atoms with E-state index >= 15 is 0 Å². The number of nitro benzene ring substituents is 1. The number of rotatable bonds is 4. The number of terminal acetylenes is 1. The van der Waals surface area contributed by atoms with Crippen molar-refractivity contribution in [3.63, 3.8) is 0 Å². The third-order valence-electron chi connectivity index (χ3n) is 2.97. The van der Waals surface area contributed by atoms with Crippen LogP contribution in [0.2, 0.25) is 0 Å². The smallest absolute Gasteiger partial charge is 0.258 e. The predicted molar refractivity (Wildman–Crippen MR) is 79.0 cm³/mol. The van der Waals surface area contributed by atoms with E-state index in [1.165, 1.54) is 18.0 Å². The van der Waals surface area contributed by atoms with Crippen molar-refractivity contribution in [2.45, 2.75) is 11.1 Å². The Balaban J connectivity index is 1.72. The van der Waals surface area contributed by atoms with Crippen LogP contribution in [-0.4, -0.2) is 9.39 Å². The second-order valence-corrected chi connectivity index (χ2v) is 5.33. The van der Waals surface area contributed by atoms with Gasteiger partial charge in [0.1, 0.15) is 0 Å². The zero-order valence-electron chi connectivity index (χ0n) is 10.8. The van der Waals surface area contributed by atoms with Crippen molar-refractivity contribution in [3.8, 4) is 12.3 Å². The first-order valence-corrected chi connectivity index (χ1v) is 6.90. The van der Waals surface area contributed by atoms with Crippen LogP contribution in [0.1, 0.15) is 17.4 Å². The maximum absolute atomic E-state index is 11.0. The maximum atomic E-state index is 11.0. The number of hydrogen-bond acceptors (Lipinski definition) is 5. The summed E-state index contributed by atoms with van der Waals surface area (Å²) >= 11 is 1.37. The molecule has 6 heteroatoms. The molecule has 1 fully saturated rings. The van der Waals surface area contributed by atoms with Gasteiger partial charge in [0, 0.05) is 16.5 Å². The zero-order chi connectivity index (χ0) is 14.8. The Labute approximate surface area is 125 Å². The summed E-state index contributed by atoms with van der Waals surface area (Å²) in [6.45, 7) is 0. The van der Waals surface area contributed by atoms with Crippen LogP contribution >= 0.6 is 11.9 Å². The van der Waals surface area contributed by atoms with E-state index in [-0.39, 0.29) is 5.69 Å². The number of benzene rings is 2.